The summed E-state index contributed by atoms with van der Waals surface area (Å²) in [4.78, 5) is 30.2. The van der Waals surface area contributed by atoms with Gasteiger partial charge in [0.2, 0.25) is 0 Å². The molecular formula is C19H25N5OS. The van der Waals surface area contributed by atoms with Crippen LogP contribution in [0.4, 0.5) is 0 Å². The summed E-state index contributed by atoms with van der Waals surface area (Å²) >= 11 is 1.72. The van der Waals surface area contributed by atoms with Crippen molar-refractivity contribution in [2.75, 3.05) is 20.1 Å². The van der Waals surface area contributed by atoms with Crippen molar-refractivity contribution in [3.63, 3.8) is 0 Å². The largest absolute Gasteiger partial charge is 0.339 e. The molecule has 1 atom stereocenters. The van der Waals surface area contributed by atoms with Crippen molar-refractivity contribution in [3.8, 4) is 0 Å². The molecule has 1 aliphatic heterocycles. The number of carbonyl (C=O) groups is 1. The van der Waals surface area contributed by atoms with Gasteiger partial charge in [0.05, 0.1) is 17.8 Å². The van der Waals surface area contributed by atoms with Gasteiger partial charge in [-0.15, -0.1) is 11.3 Å². The fraction of sp³-hybridized carbons (Fsp3) is 0.579. The smallest absolute Gasteiger partial charge is 0.257 e. The van der Waals surface area contributed by atoms with Crippen molar-refractivity contribution < 1.29 is 4.79 Å². The summed E-state index contributed by atoms with van der Waals surface area (Å²) in [5.74, 6) is 0.784. The summed E-state index contributed by atoms with van der Waals surface area (Å²) in [6, 6.07) is 0.619. The van der Waals surface area contributed by atoms with Crippen molar-refractivity contribution in [1.82, 2.24) is 24.8 Å². The van der Waals surface area contributed by atoms with Gasteiger partial charge in [0.1, 0.15) is 10.8 Å². The molecular weight excluding hydrogens is 346 g/mol. The van der Waals surface area contributed by atoms with Crippen LogP contribution in [0.25, 0.3) is 0 Å². The third-order valence-electron chi connectivity index (χ3n) is 5.92. The molecule has 26 heavy (non-hydrogen) atoms. The van der Waals surface area contributed by atoms with E-state index in [0.717, 1.165) is 38.2 Å². The number of carbonyl (C=O) groups excluding carboxylic acids is 1. The number of rotatable bonds is 4. The first-order valence-corrected chi connectivity index (χ1v) is 10.0. The molecule has 2 aromatic heterocycles. The molecule has 2 aliphatic rings. The van der Waals surface area contributed by atoms with E-state index in [1.54, 1.807) is 17.5 Å². The van der Waals surface area contributed by atoms with Crippen molar-refractivity contribution in [2.24, 2.45) is 5.41 Å². The van der Waals surface area contributed by atoms with Gasteiger partial charge in [0.15, 0.2) is 0 Å². The number of piperidine rings is 1. The van der Waals surface area contributed by atoms with Crippen LogP contribution in [0.3, 0.4) is 0 Å². The molecule has 1 spiro atoms. The quantitative estimate of drug-likeness (QED) is 0.827. The van der Waals surface area contributed by atoms with Gasteiger partial charge in [0, 0.05) is 36.9 Å². The Hall–Kier alpha value is -1.86. The Kier molecular flexibility index (Phi) is 4.52. The third-order valence-corrected chi connectivity index (χ3v) is 6.69. The number of aromatic nitrogens is 3. The van der Waals surface area contributed by atoms with Crippen LogP contribution in [0.1, 0.15) is 46.1 Å². The van der Waals surface area contributed by atoms with Crippen molar-refractivity contribution in [3.05, 3.63) is 39.9 Å². The molecule has 138 valence electrons. The van der Waals surface area contributed by atoms with Gasteiger partial charge in [-0.2, -0.15) is 0 Å². The van der Waals surface area contributed by atoms with Gasteiger partial charge < -0.3 is 4.90 Å². The van der Waals surface area contributed by atoms with Gasteiger partial charge >= 0.3 is 0 Å². The number of thiazole rings is 1. The predicted molar refractivity (Wildman–Crippen MR) is 101 cm³/mol. The van der Waals surface area contributed by atoms with Crippen LogP contribution in [0, 0.1) is 19.3 Å². The summed E-state index contributed by atoms with van der Waals surface area (Å²) in [5.41, 5.74) is 1.80. The van der Waals surface area contributed by atoms with Gasteiger partial charge in [-0.25, -0.2) is 15.0 Å². The highest BCUT2D eigenvalue weighted by atomic mass is 32.1. The summed E-state index contributed by atoms with van der Waals surface area (Å²) in [6.45, 7) is 6.31. The van der Waals surface area contributed by atoms with Gasteiger partial charge in [-0.3, -0.25) is 9.69 Å². The highest BCUT2D eigenvalue weighted by Crippen LogP contribution is 2.56. The number of likely N-dealkylation sites (tertiary alicyclic amines) is 1. The number of hydrogen-bond donors (Lipinski definition) is 0. The fourth-order valence-corrected chi connectivity index (χ4v) is 4.94. The molecule has 1 saturated carbocycles. The van der Waals surface area contributed by atoms with Crippen LogP contribution >= 0.6 is 11.3 Å². The van der Waals surface area contributed by atoms with E-state index in [-0.39, 0.29) is 5.91 Å². The van der Waals surface area contributed by atoms with E-state index in [1.807, 2.05) is 30.3 Å². The SMILES string of the molecule is Cc1ncc(C(=O)N2CCC3(CC2)C[C@@H]3N(C)Cc2nccs2)c(C)n1. The number of aryl methyl sites for hydroxylation is 2. The Bertz CT molecular complexity index is 798. The maximum absolute atomic E-state index is 12.8. The molecule has 0 N–H and O–H groups in total. The number of hydrogen-bond acceptors (Lipinski definition) is 6. The minimum Gasteiger partial charge on any atom is -0.339 e. The second-order valence-corrected chi connectivity index (χ2v) is 8.61. The van der Waals surface area contributed by atoms with Gasteiger partial charge in [-0.05, 0) is 45.6 Å². The molecule has 2 aromatic rings. The molecule has 1 saturated heterocycles. The predicted octanol–water partition coefficient (Wildman–Crippen LogP) is 2.68. The number of amides is 1. The van der Waals surface area contributed by atoms with E-state index >= 15 is 0 Å². The van der Waals surface area contributed by atoms with E-state index in [1.165, 1.54) is 11.4 Å². The molecule has 2 fully saturated rings. The van der Waals surface area contributed by atoms with Crippen LogP contribution in [-0.4, -0.2) is 56.8 Å². The zero-order valence-corrected chi connectivity index (χ0v) is 16.4. The number of nitrogens with zero attached hydrogens (tertiary/aromatic N) is 5. The van der Waals surface area contributed by atoms with Crippen LogP contribution in [0.15, 0.2) is 17.8 Å². The Morgan fingerprint density at radius 1 is 1.35 bits per heavy atom. The van der Waals surface area contributed by atoms with Crippen LogP contribution in [-0.2, 0) is 6.54 Å². The zero-order valence-electron chi connectivity index (χ0n) is 15.6. The first-order valence-electron chi connectivity index (χ1n) is 9.17. The highest BCUT2D eigenvalue weighted by molar-refractivity contribution is 7.09. The van der Waals surface area contributed by atoms with Crippen LogP contribution in [0.5, 0.6) is 0 Å². The lowest BCUT2D eigenvalue weighted by Crippen LogP contribution is -2.41. The summed E-state index contributed by atoms with van der Waals surface area (Å²) in [5, 5.41) is 3.21. The third kappa shape index (κ3) is 3.25. The first-order chi connectivity index (χ1) is 12.5. The lowest BCUT2D eigenvalue weighted by atomic mass is 9.92. The standard InChI is InChI=1S/C19H25N5OS/c1-13-15(11-21-14(2)22-13)18(25)24-7-4-19(5-8-24)10-16(19)23(3)12-17-20-6-9-26-17/h6,9,11,16H,4-5,7-8,10,12H2,1-3H3/t16-/m0/s1. The van der Waals surface area contributed by atoms with E-state index in [9.17, 15) is 4.79 Å². The zero-order chi connectivity index (χ0) is 18.3. The topological polar surface area (TPSA) is 62.2 Å². The van der Waals surface area contributed by atoms with Crippen molar-refractivity contribution in [2.45, 2.75) is 45.7 Å². The Morgan fingerprint density at radius 2 is 2.12 bits per heavy atom. The molecule has 4 rings (SSSR count). The van der Waals surface area contributed by atoms with Gasteiger partial charge in [0.25, 0.3) is 5.91 Å². The molecule has 3 heterocycles. The second kappa shape index (κ2) is 6.70. The molecule has 1 aliphatic carbocycles. The Balaban J connectivity index is 1.35. The normalized spacial score (nSPS) is 21.4. The average Bonchev–Trinajstić information content (AvgIpc) is 3.07. The second-order valence-electron chi connectivity index (χ2n) is 7.63. The molecule has 6 nitrogen and oxygen atoms in total. The Morgan fingerprint density at radius 3 is 2.77 bits per heavy atom. The minimum atomic E-state index is 0.0747. The molecule has 0 unspecified atom stereocenters. The Labute approximate surface area is 158 Å². The van der Waals surface area contributed by atoms with E-state index < -0.39 is 0 Å². The lowest BCUT2D eigenvalue weighted by molar-refractivity contribution is 0.0656. The first kappa shape index (κ1) is 17.5. The maximum atomic E-state index is 12.8. The van der Waals surface area contributed by atoms with Crippen LogP contribution < -0.4 is 0 Å². The van der Waals surface area contributed by atoms with Crippen molar-refractivity contribution in [1.29, 1.82) is 0 Å². The summed E-state index contributed by atoms with van der Waals surface area (Å²) in [7, 11) is 2.20. The molecule has 0 aromatic carbocycles. The maximum Gasteiger partial charge on any atom is 0.257 e. The molecule has 0 bridgehead atoms. The van der Waals surface area contributed by atoms with E-state index in [0.29, 0.717) is 22.8 Å². The van der Waals surface area contributed by atoms with Crippen molar-refractivity contribution >= 4 is 17.2 Å². The summed E-state index contributed by atoms with van der Waals surface area (Å²) < 4.78 is 0. The van der Waals surface area contributed by atoms with E-state index in [2.05, 4.69) is 26.9 Å². The molecule has 1 amide bonds. The average molecular weight is 372 g/mol. The van der Waals surface area contributed by atoms with Gasteiger partial charge in [-0.1, -0.05) is 0 Å². The van der Waals surface area contributed by atoms with E-state index in [4.69, 9.17) is 0 Å². The minimum absolute atomic E-state index is 0.0747. The lowest BCUT2D eigenvalue weighted by Gasteiger charge is -2.34. The summed E-state index contributed by atoms with van der Waals surface area (Å²) in [6.07, 6.45) is 6.95. The highest BCUT2D eigenvalue weighted by Gasteiger charge is 2.56. The fourth-order valence-electron chi connectivity index (χ4n) is 4.26. The van der Waals surface area contributed by atoms with Crippen LogP contribution in [0.2, 0.25) is 0 Å². The monoisotopic (exact) mass is 371 g/mol. The molecule has 0 radical (unpaired) electrons. The molecule has 7 heteroatoms.